The first-order chi connectivity index (χ1) is 8.31. The van der Waals surface area contributed by atoms with Crippen LogP contribution >= 0.6 is 0 Å². The molecular weight excluding hydrogens is 214 g/mol. The van der Waals surface area contributed by atoms with E-state index in [0.29, 0.717) is 12.4 Å². The summed E-state index contributed by atoms with van der Waals surface area (Å²) in [5, 5.41) is 11.9. The van der Waals surface area contributed by atoms with Crippen LogP contribution in [0.15, 0.2) is 36.5 Å². The fourth-order valence-corrected chi connectivity index (χ4v) is 1.52. The normalized spacial score (nSPS) is 10.2. The zero-order valence-corrected chi connectivity index (χ0v) is 9.72. The Balaban J connectivity index is 2.31. The van der Waals surface area contributed by atoms with Crippen molar-refractivity contribution in [1.29, 1.82) is 0 Å². The minimum absolute atomic E-state index is 0.0874. The molecule has 2 aromatic rings. The van der Waals surface area contributed by atoms with Gasteiger partial charge in [0.15, 0.2) is 5.82 Å². The van der Waals surface area contributed by atoms with Crippen molar-refractivity contribution in [3.05, 3.63) is 42.1 Å². The summed E-state index contributed by atoms with van der Waals surface area (Å²) >= 11 is 0. The Morgan fingerprint density at radius 1 is 1.24 bits per heavy atom. The van der Waals surface area contributed by atoms with Crippen LogP contribution in [0, 0.1) is 6.92 Å². The van der Waals surface area contributed by atoms with Crippen molar-refractivity contribution in [3.8, 4) is 11.4 Å². The van der Waals surface area contributed by atoms with E-state index in [2.05, 4.69) is 15.3 Å². The van der Waals surface area contributed by atoms with Crippen LogP contribution in [-0.4, -0.2) is 28.2 Å². The lowest BCUT2D eigenvalue weighted by Gasteiger charge is -2.08. The second-order valence-electron chi connectivity index (χ2n) is 3.74. The number of aryl methyl sites for hydroxylation is 1. The van der Waals surface area contributed by atoms with E-state index in [9.17, 15) is 0 Å². The molecule has 0 spiro atoms. The van der Waals surface area contributed by atoms with Gasteiger partial charge in [0, 0.05) is 23.9 Å². The van der Waals surface area contributed by atoms with Crippen molar-refractivity contribution in [2.75, 3.05) is 18.5 Å². The molecule has 1 aromatic heterocycles. The first-order valence-electron chi connectivity index (χ1n) is 5.55. The molecule has 0 aliphatic rings. The SMILES string of the molecule is Cc1cnc(-c2ccccc2)nc1NCCO. The van der Waals surface area contributed by atoms with E-state index in [4.69, 9.17) is 5.11 Å². The molecule has 0 aliphatic carbocycles. The third kappa shape index (κ3) is 2.79. The maximum Gasteiger partial charge on any atom is 0.161 e. The van der Waals surface area contributed by atoms with Crippen LogP contribution < -0.4 is 5.32 Å². The highest BCUT2D eigenvalue weighted by Gasteiger charge is 2.04. The Labute approximate surface area is 100 Å². The summed E-state index contributed by atoms with van der Waals surface area (Å²) in [5.74, 6) is 1.46. The van der Waals surface area contributed by atoms with E-state index in [1.165, 1.54) is 0 Å². The zero-order chi connectivity index (χ0) is 12.1. The summed E-state index contributed by atoms with van der Waals surface area (Å²) in [6.07, 6.45) is 1.79. The molecular formula is C13H15N3O. The molecule has 4 heteroatoms. The van der Waals surface area contributed by atoms with E-state index < -0.39 is 0 Å². The van der Waals surface area contributed by atoms with Crippen molar-refractivity contribution in [3.63, 3.8) is 0 Å². The minimum atomic E-state index is 0.0874. The van der Waals surface area contributed by atoms with Gasteiger partial charge in [-0.2, -0.15) is 0 Å². The number of hydrogen-bond acceptors (Lipinski definition) is 4. The maximum absolute atomic E-state index is 8.80. The van der Waals surface area contributed by atoms with Gasteiger partial charge in [-0.05, 0) is 6.92 Å². The summed E-state index contributed by atoms with van der Waals surface area (Å²) in [6.45, 7) is 2.52. The Morgan fingerprint density at radius 3 is 2.71 bits per heavy atom. The third-order valence-corrected chi connectivity index (χ3v) is 2.41. The number of aromatic nitrogens is 2. The summed E-state index contributed by atoms with van der Waals surface area (Å²) in [7, 11) is 0. The van der Waals surface area contributed by atoms with Crippen molar-refractivity contribution < 1.29 is 5.11 Å². The molecule has 2 N–H and O–H groups in total. The van der Waals surface area contributed by atoms with Crippen LogP contribution in [0.25, 0.3) is 11.4 Å². The number of aliphatic hydroxyl groups excluding tert-OH is 1. The molecule has 0 saturated heterocycles. The molecule has 1 heterocycles. The van der Waals surface area contributed by atoms with Gasteiger partial charge in [-0.1, -0.05) is 30.3 Å². The van der Waals surface area contributed by atoms with Gasteiger partial charge in [0.25, 0.3) is 0 Å². The van der Waals surface area contributed by atoms with Crippen LogP contribution in [0.3, 0.4) is 0 Å². The monoisotopic (exact) mass is 229 g/mol. The van der Waals surface area contributed by atoms with Crippen LogP contribution in [0.2, 0.25) is 0 Å². The molecule has 0 unspecified atom stereocenters. The average Bonchev–Trinajstić information content (AvgIpc) is 2.39. The highest BCUT2D eigenvalue weighted by atomic mass is 16.3. The van der Waals surface area contributed by atoms with Crippen molar-refractivity contribution in [1.82, 2.24) is 9.97 Å². The molecule has 17 heavy (non-hydrogen) atoms. The Morgan fingerprint density at radius 2 is 2.00 bits per heavy atom. The van der Waals surface area contributed by atoms with E-state index in [1.54, 1.807) is 6.20 Å². The number of aliphatic hydroxyl groups is 1. The van der Waals surface area contributed by atoms with Gasteiger partial charge in [-0.25, -0.2) is 9.97 Å². The number of hydrogen-bond donors (Lipinski definition) is 2. The van der Waals surface area contributed by atoms with Crippen LogP contribution in [-0.2, 0) is 0 Å². The number of benzene rings is 1. The summed E-state index contributed by atoms with van der Waals surface area (Å²) in [6, 6.07) is 9.82. The van der Waals surface area contributed by atoms with Gasteiger partial charge >= 0.3 is 0 Å². The third-order valence-electron chi connectivity index (χ3n) is 2.41. The van der Waals surface area contributed by atoms with E-state index in [-0.39, 0.29) is 6.61 Å². The van der Waals surface area contributed by atoms with Gasteiger partial charge in [0.1, 0.15) is 5.82 Å². The molecule has 1 aromatic carbocycles. The molecule has 4 nitrogen and oxygen atoms in total. The first kappa shape index (κ1) is 11.5. The lowest BCUT2D eigenvalue weighted by molar-refractivity contribution is 0.311. The summed E-state index contributed by atoms with van der Waals surface area (Å²) in [4.78, 5) is 8.75. The van der Waals surface area contributed by atoms with Crippen LogP contribution in [0.4, 0.5) is 5.82 Å². The second kappa shape index (κ2) is 5.41. The second-order valence-corrected chi connectivity index (χ2v) is 3.74. The van der Waals surface area contributed by atoms with Crippen molar-refractivity contribution in [2.24, 2.45) is 0 Å². The van der Waals surface area contributed by atoms with Gasteiger partial charge in [0.2, 0.25) is 0 Å². The highest BCUT2D eigenvalue weighted by molar-refractivity contribution is 5.58. The lowest BCUT2D eigenvalue weighted by Crippen LogP contribution is -2.09. The number of anilines is 1. The topological polar surface area (TPSA) is 58.0 Å². The highest BCUT2D eigenvalue weighted by Crippen LogP contribution is 2.18. The van der Waals surface area contributed by atoms with Gasteiger partial charge in [0.05, 0.1) is 6.61 Å². The van der Waals surface area contributed by atoms with Crippen molar-refractivity contribution in [2.45, 2.75) is 6.92 Å². The summed E-state index contributed by atoms with van der Waals surface area (Å²) < 4.78 is 0. The van der Waals surface area contributed by atoms with E-state index >= 15 is 0 Å². The Hall–Kier alpha value is -1.94. The average molecular weight is 229 g/mol. The smallest absolute Gasteiger partial charge is 0.161 e. The number of rotatable bonds is 4. The number of nitrogens with one attached hydrogen (secondary N) is 1. The fraction of sp³-hybridized carbons (Fsp3) is 0.231. The molecule has 0 saturated carbocycles. The largest absolute Gasteiger partial charge is 0.395 e. The Kier molecular flexibility index (Phi) is 3.67. The zero-order valence-electron chi connectivity index (χ0n) is 9.72. The molecule has 88 valence electrons. The van der Waals surface area contributed by atoms with E-state index in [0.717, 1.165) is 16.9 Å². The van der Waals surface area contributed by atoms with Gasteiger partial charge in [-0.15, -0.1) is 0 Å². The number of nitrogens with zero attached hydrogens (tertiary/aromatic N) is 2. The predicted octanol–water partition coefficient (Wildman–Crippen LogP) is 1.86. The van der Waals surface area contributed by atoms with Crippen LogP contribution in [0.1, 0.15) is 5.56 Å². The Bertz CT molecular complexity index is 485. The molecule has 0 fully saturated rings. The quantitative estimate of drug-likeness (QED) is 0.840. The fourth-order valence-electron chi connectivity index (χ4n) is 1.52. The molecule has 2 rings (SSSR count). The molecule has 0 aliphatic heterocycles. The van der Waals surface area contributed by atoms with E-state index in [1.807, 2.05) is 37.3 Å². The molecule has 0 amide bonds. The summed E-state index contributed by atoms with van der Waals surface area (Å²) in [5.41, 5.74) is 1.96. The molecule has 0 radical (unpaired) electrons. The van der Waals surface area contributed by atoms with Crippen LogP contribution in [0.5, 0.6) is 0 Å². The van der Waals surface area contributed by atoms with Gasteiger partial charge in [-0.3, -0.25) is 0 Å². The molecule has 0 bridgehead atoms. The maximum atomic E-state index is 8.80. The predicted molar refractivity (Wildman–Crippen MR) is 67.8 cm³/mol. The first-order valence-corrected chi connectivity index (χ1v) is 5.55. The van der Waals surface area contributed by atoms with Crippen molar-refractivity contribution >= 4 is 5.82 Å². The lowest BCUT2D eigenvalue weighted by atomic mass is 10.2. The standard InChI is InChI=1S/C13H15N3O/c1-10-9-15-13(11-5-3-2-4-6-11)16-12(10)14-7-8-17/h2-6,9,17H,7-8H2,1H3,(H,14,15,16). The van der Waals surface area contributed by atoms with Gasteiger partial charge < -0.3 is 10.4 Å². The minimum Gasteiger partial charge on any atom is -0.395 e. The molecule has 0 atom stereocenters.